The van der Waals surface area contributed by atoms with Crippen molar-refractivity contribution in [1.82, 2.24) is 0 Å². The second-order valence-corrected chi connectivity index (χ2v) is 8.52. The Kier molecular flexibility index (Phi) is 3.55. The Morgan fingerprint density at radius 2 is 2.04 bits per heavy atom. The number of esters is 1. The lowest BCUT2D eigenvalue weighted by Gasteiger charge is -2.38. The molecule has 0 aromatic rings. The highest BCUT2D eigenvalue weighted by Crippen LogP contribution is 2.61. The number of carbonyl (C=O) groups excluding carboxylic acids is 2. The standard InChI is InChI=1S/C20H26O6/c1-6-11(3)20(23)19(5)16-13(24-17(19)22)7-10(2)12-8-15(21)18(4,25-12)9-14(16)26-20/h7-8,11,13-14,16,23H,6,9H2,1-5H3/b10-7-. The summed E-state index contributed by atoms with van der Waals surface area (Å²) in [6.45, 7) is 9.13. The molecule has 0 aromatic heterocycles. The third-order valence-electron chi connectivity index (χ3n) is 6.96. The van der Waals surface area contributed by atoms with Gasteiger partial charge >= 0.3 is 5.97 Å². The fourth-order valence-electron chi connectivity index (χ4n) is 5.03. The highest BCUT2D eigenvalue weighted by Gasteiger charge is 2.75. The van der Waals surface area contributed by atoms with Crippen molar-refractivity contribution in [2.45, 2.75) is 71.1 Å². The number of fused-ring (bicyclic) bond motifs is 2. The summed E-state index contributed by atoms with van der Waals surface area (Å²) >= 11 is 0. The van der Waals surface area contributed by atoms with E-state index >= 15 is 0 Å². The number of carbonyl (C=O) groups is 2. The molecular formula is C20H26O6. The van der Waals surface area contributed by atoms with Crippen LogP contribution >= 0.6 is 0 Å². The van der Waals surface area contributed by atoms with E-state index in [1.807, 2.05) is 26.8 Å². The van der Waals surface area contributed by atoms with Crippen molar-refractivity contribution in [3.05, 3.63) is 23.5 Å². The third kappa shape index (κ3) is 1.94. The average molecular weight is 362 g/mol. The van der Waals surface area contributed by atoms with E-state index in [0.29, 0.717) is 12.2 Å². The van der Waals surface area contributed by atoms with Gasteiger partial charge in [-0.2, -0.15) is 0 Å². The Bertz CT molecular complexity index is 753. The Hall–Kier alpha value is -1.66. The molecule has 7 atom stereocenters. The summed E-state index contributed by atoms with van der Waals surface area (Å²) in [5.74, 6) is -2.33. The normalized spacial score (nSPS) is 49.8. The molecule has 0 saturated carbocycles. The van der Waals surface area contributed by atoms with Crippen LogP contribution in [-0.4, -0.2) is 40.5 Å². The molecule has 4 heterocycles. The molecule has 6 heteroatoms. The molecule has 4 aliphatic rings. The van der Waals surface area contributed by atoms with Gasteiger partial charge in [-0.15, -0.1) is 0 Å². The molecule has 1 N–H and O–H groups in total. The molecule has 0 aromatic carbocycles. The first-order valence-corrected chi connectivity index (χ1v) is 9.32. The van der Waals surface area contributed by atoms with Crippen LogP contribution in [0.4, 0.5) is 0 Å². The monoisotopic (exact) mass is 362 g/mol. The van der Waals surface area contributed by atoms with Crippen molar-refractivity contribution in [1.29, 1.82) is 0 Å². The van der Waals surface area contributed by atoms with E-state index < -0.39 is 35.0 Å². The number of allylic oxidation sites excluding steroid dienone is 1. The van der Waals surface area contributed by atoms with Gasteiger partial charge in [0.25, 0.3) is 0 Å². The van der Waals surface area contributed by atoms with E-state index in [4.69, 9.17) is 14.2 Å². The van der Waals surface area contributed by atoms with Gasteiger partial charge in [-0.25, -0.2) is 0 Å². The molecule has 2 saturated heterocycles. The van der Waals surface area contributed by atoms with Gasteiger partial charge in [0.15, 0.2) is 11.4 Å². The highest BCUT2D eigenvalue weighted by atomic mass is 16.7. The van der Waals surface area contributed by atoms with Gasteiger partial charge in [-0.05, 0) is 38.8 Å². The molecule has 0 amide bonds. The van der Waals surface area contributed by atoms with Crippen molar-refractivity contribution in [2.75, 3.05) is 0 Å². The predicted octanol–water partition coefficient (Wildman–Crippen LogP) is 2.26. The lowest BCUT2D eigenvalue weighted by molar-refractivity contribution is -0.267. The zero-order valence-electron chi connectivity index (χ0n) is 15.9. The van der Waals surface area contributed by atoms with E-state index in [0.717, 1.165) is 5.57 Å². The summed E-state index contributed by atoms with van der Waals surface area (Å²) < 4.78 is 17.8. The molecule has 0 radical (unpaired) electrons. The van der Waals surface area contributed by atoms with E-state index in [2.05, 4.69) is 0 Å². The zero-order valence-corrected chi connectivity index (χ0v) is 15.9. The maximum atomic E-state index is 12.9. The fraction of sp³-hybridized carbons (Fsp3) is 0.700. The largest absolute Gasteiger partial charge is 0.479 e. The molecule has 142 valence electrons. The number of hydrogen-bond donors (Lipinski definition) is 1. The van der Waals surface area contributed by atoms with Crippen LogP contribution in [0.1, 0.15) is 47.5 Å². The van der Waals surface area contributed by atoms with E-state index in [1.165, 1.54) is 6.08 Å². The van der Waals surface area contributed by atoms with Crippen LogP contribution in [0.25, 0.3) is 0 Å². The van der Waals surface area contributed by atoms with Crippen molar-refractivity contribution in [3.8, 4) is 0 Å². The van der Waals surface area contributed by atoms with Crippen LogP contribution in [0.15, 0.2) is 23.5 Å². The first-order chi connectivity index (χ1) is 12.1. The van der Waals surface area contributed by atoms with Gasteiger partial charge in [0, 0.05) is 24.3 Å². The smallest absolute Gasteiger partial charge is 0.318 e. The minimum Gasteiger partial charge on any atom is -0.479 e. The second-order valence-electron chi connectivity index (χ2n) is 8.52. The quantitative estimate of drug-likeness (QED) is 0.759. The Labute approximate surface area is 153 Å². The Morgan fingerprint density at radius 3 is 2.69 bits per heavy atom. The number of aliphatic hydroxyl groups is 1. The topological polar surface area (TPSA) is 82.1 Å². The van der Waals surface area contributed by atoms with Crippen LogP contribution in [-0.2, 0) is 23.8 Å². The molecule has 7 unspecified atom stereocenters. The molecule has 2 bridgehead atoms. The fourth-order valence-corrected chi connectivity index (χ4v) is 5.03. The lowest BCUT2D eigenvalue weighted by atomic mass is 9.66. The van der Waals surface area contributed by atoms with Gasteiger partial charge in [0.1, 0.15) is 17.3 Å². The maximum Gasteiger partial charge on any atom is 0.318 e. The molecule has 4 rings (SSSR count). The minimum absolute atomic E-state index is 0.117. The van der Waals surface area contributed by atoms with E-state index in [9.17, 15) is 14.7 Å². The second kappa shape index (κ2) is 5.20. The zero-order chi connectivity index (χ0) is 19.1. The summed E-state index contributed by atoms with van der Waals surface area (Å²) in [5, 5.41) is 11.5. The molecule has 0 aliphatic carbocycles. The van der Waals surface area contributed by atoms with Crippen molar-refractivity contribution >= 4 is 11.8 Å². The summed E-state index contributed by atoms with van der Waals surface area (Å²) in [4.78, 5) is 25.5. The van der Waals surface area contributed by atoms with Crippen molar-refractivity contribution < 1.29 is 28.9 Å². The molecule has 6 nitrogen and oxygen atoms in total. The van der Waals surface area contributed by atoms with Gasteiger partial charge in [0.05, 0.1) is 6.10 Å². The molecule has 0 spiro atoms. The number of ketones is 1. The Balaban J connectivity index is 1.87. The van der Waals surface area contributed by atoms with Crippen molar-refractivity contribution in [3.63, 3.8) is 0 Å². The summed E-state index contributed by atoms with van der Waals surface area (Å²) in [6, 6.07) is 0. The molecule has 26 heavy (non-hydrogen) atoms. The molecule has 2 fully saturated rings. The highest BCUT2D eigenvalue weighted by molar-refractivity contribution is 6.00. The molecular weight excluding hydrogens is 336 g/mol. The first kappa shape index (κ1) is 17.7. The number of rotatable bonds is 2. The van der Waals surface area contributed by atoms with Crippen LogP contribution in [0, 0.1) is 17.3 Å². The molecule has 4 aliphatic heterocycles. The van der Waals surface area contributed by atoms with Crippen LogP contribution < -0.4 is 0 Å². The summed E-state index contributed by atoms with van der Waals surface area (Å²) in [7, 11) is 0. The third-order valence-corrected chi connectivity index (χ3v) is 6.96. The summed E-state index contributed by atoms with van der Waals surface area (Å²) in [6.07, 6.45) is 3.19. The van der Waals surface area contributed by atoms with Gasteiger partial charge in [-0.3, -0.25) is 9.59 Å². The van der Waals surface area contributed by atoms with Crippen LogP contribution in [0.5, 0.6) is 0 Å². The predicted molar refractivity (Wildman–Crippen MR) is 91.7 cm³/mol. The number of hydrogen-bond acceptors (Lipinski definition) is 6. The van der Waals surface area contributed by atoms with E-state index in [1.54, 1.807) is 13.8 Å². The lowest BCUT2D eigenvalue weighted by Crippen LogP contribution is -2.53. The minimum atomic E-state index is -1.64. The maximum absolute atomic E-state index is 12.9. The van der Waals surface area contributed by atoms with Gasteiger partial charge in [-0.1, -0.05) is 13.8 Å². The number of ether oxygens (including phenoxy) is 3. The van der Waals surface area contributed by atoms with Crippen molar-refractivity contribution in [2.24, 2.45) is 17.3 Å². The SMILES string of the molecule is CCC(C)C1(O)OC2CC3(C)OC(=CC3=O)/C(C)=C\C3OC(=O)C1(C)C32. The van der Waals surface area contributed by atoms with Gasteiger partial charge in [0.2, 0.25) is 5.78 Å². The van der Waals surface area contributed by atoms with E-state index in [-0.39, 0.29) is 24.0 Å². The van der Waals surface area contributed by atoms with Gasteiger partial charge < -0.3 is 19.3 Å². The van der Waals surface area contributed by atoms with Crippen LogP contribution in [0.3, 0.4) is 0 Å². The van der Waals surface area contributed by atoms with Crippen LogP contribution in [0.2, 0.25) is 0 Å². The average Bonchev–Trinajstić information content (AvgIpc) is 3.09. The summed E-state index contributed by atoms with van der Waals surface area (Å²) in [5.41, 5.74) is -1.49. The first-order valence-electron chi connectivity index (χ1n) is 9.32. The Morgan fingerprint density at radius 1 is 1.35 bits per heavy atom.